The van der Waals surface area contributed by atoms with Crippen LogP contribution in [0.4, 0.5) is 11.4 Å². The predicted molar refractivity (Wildman–Crippen MR) is 112 cm³/mol. The lowest BCUT2D eigenvalue weighted by molar-refractivity contribution is 0.381. The van der Waals surface area contributed by atoms with Crippen LogP contribution in [0.15, 0.2) is 41.4 Å². The highest BCUT2D eigenvalue weighted by molar-refractivity contribution is 6.32. The molecule has 138 valence electrons. The summed E-state index contributed by atoms with van der Waals surface area (Å²) in [6, 6.07) is 12.2. The molecule has 1 aliphatic rings. The molecule has 0 aliphatic carbocycles. The third kappa shape index (κ3) is 3.59. The summed E-state index contributed by atoms with van der Waals surface area (Å²) in [7, 11) is 1.61. The van der Waals surface area contributed by atoms with Crippen LogP contribution in [-0.4, -0.2) is 25.4 Å². The number of hydrogen-bond donors (Lipinski definition) is 0. The number of aliphatic imine (C=N–C) groups is 1. The number of anilines is 1. The molecular weight excluding hydrogens is 344 g/mol. The molecule has 0 N–H and O–H groups in total. The van der Waals surface area contributed by atoms with Gasteiger partial charge in [0.15, 0.2) is 0 Å². The minimum atomic E-state index is 0.191. The molecule has 0 bridgehead atoms. The second kappa shape index (κ2) is 7.32. The molecule has 3 rings (SSSR count). The first-order chi connectivity index (χ1) is 12.4. The zero-order chi connectivity index (χ0) is 18.9. The lowest BCUT2D eigenvalue weighted by Crippen LogP contribution is -2.48. The van der Waals surface area contributed by atoms with Gasteiger partial charge in [0.2, 0.25) is 0 Å². The van der Waals surface area contributed by atoms with Crippen molar-refractivity contribution >= 4 is 29.2 Å². The molecule has 0 aromatic heterocycles. The quantitative estimate of drug-likeness (QED) is 0.597. The summed E-state index contributed by atoms with van der Waals surface area (Å²) in [5.74, 6) is 1.20. The molecular formula is C22H27ClN2O. The first-order valence-corrected chi connectivity index (χ1v) is 9.52. The van der Waals surface area contributed by atoms with E-state index in [1.54, 1.807) is 7.11 Å². The Morgan fingerprint density at radius 2 is 2.04 bits per heavy atom. The fourth-order valence-corrected chi connectivity index (χ4v) is 4.32. The molecule has 1 aliphatic heterocycles. The van der Waals surface area contributed by atoms with Crippen molar-refractivity contribution in [3.8, 4) is 5.75 Å². The molecule has 1 unspecified atom stereocenters. The molecule has 2 aromatic carbocycles. The van der Waals surface area contributed by atoms with Gasteiger partial charge in [0.25, 0.3) is 0 Å². The Bertz CT molecular complexity index is 829. The average molecular weight is 371 g/mol. The van der Waals surface area contributed by atoms with Crippen LogP contribution in [0.1, 0.15) is 51.2 Å². The number of benzene rings is 2. The number of fused-ring (bicyclic) bond motifs is 1. The van der Waals surface area contributed by atoms with E-state index in [0.29, 0.717) is 16.7 Å². The monoisotopic (exact) mass is 370 g/mol. The smallest absolute Gasteiger partial charge is 0.137 e. The predicted octanol–water partition coefficient (Wildman–Crippen LogP) is 6.21. The van der Waals surface area contributed by atoms with Gasteiger partial charge in [0, 0.05) is 24.0 Å². The highest BCUT2D eigenvalue weighted by atomic mass is 35.5. The summed E-state index contributed by atoms with van der Waals surface area (Å²) >= 11 is 6.18. The maximum absolute atomic E-state index is 6.18. The maximum atomic E-state index is 6.18. The Morgan fingerprint density at radius 1 is 1.27 bits per heavy atom. The summed E-state index contributed by atoms with van der Waals surface area (Å²) in [5, 5.41) is 0.571. The van der Waals surface area contributed by atoms with E-state index in [1.807, 2.05) is 24.4 Å². The van der Waals surface area contributed by atoms with Crippen molar-refractivity contribution in [3.05, 3.63) is 52.5 Å². The molecule has 3 nitrogen and oxygen atoms in total. The zero-order valence-electron chi connectivity index (χ0n) is 16.2. The molecule has 0 spiro atoms. The van der Waals surface area contributed by atoms with E-state index in [0.717, 1.165) is 24.2 Å². The first kappa shape index (κ1) is 18.8. The van der Waals surface area contributed by atoms with Crippen LogP contribution in [-0.2, 0) is 0 Å². The fourth-order valence-electron chi connectivity index (χ4n) is 4.07. The second-order valence-corrected chi connectivity index (χ2v) is 7.96. The third-order valence-electron chi connectivity index (χ3n) is 5.22. The summed E-state index contributed by atoms with van der Waals surface area (Å²) in [6.45, 7) is 10.2. The highest BCUT2D eigenvalue weighted by Crippen LogP contribution is 2.43. The molecule has 0 saturated heterocycles. The summed E-state index contributed by atoms with van der Waals surface area (Å²) < 4.78 is 5.19. The SMILES string of the molecule is CCN1c2ccc(C=Nc3ccc(OC)c(Cl)c3)cc2C(C)CC1(C)C. The Hall–Kier alpha value is -2.00. The van der Waals surface area contributed by atoms with Crippen molar-refractivity contribution in [2.24, 2.45) is 4.99 Å². The number of nitrogens with zero attached hydrogens (tertiary/aromatic N) is 2. The van der Waals surface area contributed by atoms with E-state index in [4.69, 9.17) is 16.3 Å². The van der Waals surface area contributed by atoms with Crippen molar-refractivity contribution in [3.63, 3.8) is 0 Å². The fraction of sp³-hybridized carbons (Fsp3) is 0.409. The van der Waals surface area contributed by atoms with Gasteiger partial charge in [-0.05, 0) is 74.6 Å². The van der Waals surface area contributed by atoms with Crippen LogP contribution in [0, 0.1) is 0 Å². The van der Waals surface area contributed by atoms with Gasteiger partial charge in [-0.15, -0.1) is 0 Å². The third-order valence-corrected chi connectivity index (χ3v) is 5.52. The van der Waals surface area contributed by atoms with Crippen molar-refractivity contribution in [2.45, 2.75) is 45.6 Å². The van der Waals surface area contributed by atoms with E-state index in [2.05, 4.69) is 55.8 Å². The Labute approximate surface area is 161 Å². The van der Waals surface area contributed by atoms with Crippen LogP contribution in [0.25, 0.3) is 0 Å². The topological polar surface area (TPSA) is 24.8 Å². The first-order valence-electron chi connectivity index (χ1n) is 9.15. The summed E-state index contributed by atoms with van der Waals surface area (Å²) in [6.07, 6.45) is 3.06. The second-order valence-electron chi connectivity index (χ2n) is 7.56. The van der Waals surface area contributed by atoms with Gasteiger partial charge in [-0.3, -0.25) is 4.99 Å². The number of halogens is 1. The van der Waals surface area contributed by atoms with E-state index >= 15 is 0 Å². The van der Waals surface area contributed by atoms with E-state index < -0.39 is 0 Å². The van der Waals surface area contributed by atoms with Gasteiger partial charge in [0.05, 0.1) is 17.8 Å². The normalized spacial score (nSPS) is 18.8. The minimum Gasteiger partial charge on any atom is -0.495 e. The zero-order valence-corrected chi connectivity index (χ0v) is 17.0. The van der Waals surface area contributed by atoms with Gasteiger partial charge < -0.3 is 9.64 Å². The minimum absolute atomic E-state index is 0.191. The van der Waals surface area contributed by atoms with Crippen LogP contribution >= 0.6 is 11.6 Å². The van der Waals surface area contributed by atoms with E-state index in [9.17, 15) is 0 Å². The van der Waals surface area contributed by atoms with Crippen molar-refractivity contribution in [1.29, 1.82) is 0 Å². The van der Waals surface area contributed by atoms with Gasteiger partial charge in [-0.2, -0.15) is 0 Å². The Morgan fingerprint density at radius 3 is 2.69 bits per heavy atom. The lowest BCUT2D eigenvalue weighted by Gasteiger charge is -2.47. The van der Waals surface area contributed by atoms with Crippen LogP contribution < -0.4 is 9.64 Å². The van der Waals surface area contributed by atoms with Gasteiger partial charge in [-0.25, -0.2) is 0 Å². The molecule has 2 aromatic rings. The molecule has 4 heteroatoms. The standard InChI is InChI=1S/C22H27ClN2O/c1-6-25-20-9-7-16(11-18(20)15(2)13-22(25,3)4)14-24-17-8-10-21(26-5)19(23)12-17/h7-12,14-15H,6,13H2,1-5H3. The number of rotatable bonds is 4. The molecule has 0 amide bonds. The molecule has 1 heterocycles. The van der Waals surface area contributed by atoms with Gasteiger partial charge in [-0.1, -0.05) is 24.6 Å². The average Bonchev–Trinajstić information content (AvgIpc) is 2.60. The number of methoxy groups -OCH3 is 1. The summed E-state index contributed by atoms with van der Waals surface area (Å²) in [4.78, 5) is 7.08. The molecule has 0 saturated carbocycles. The summed E-state index contributed by atoms with van der Waals surface area (Å²) in [5.41, 5.74) is 4.87. The van der Waals surface area contributed by atoms with Gasteiger partial charge in [0.1, 0.15) is 5.75 Å². The Balaban J connectivity index is 1.89. The number of ether oxygens (including phenoxy) is 1. The largest absolute Gasteiger partial charge is 0.495 e. The lowest BCUT2D eigenvalue weighted by atomic mass is 9.79. The molecule has 26 heavy (non-hydrogen) atoms. The molecule has 0 radical (unpaired) electrons. The van der Waals surface area contributed by atoms with Crippen LogP contribution in [0.3, 0.4) is 0 Å². The van der Waals surface area contributed by atoms with Crippen LogP contribution in [0.5, 0.6) is 5.75 Å². The van der Waals surface area contributed by atoms with Crippen LogP contribution in [0.2, 0.25) is 5.02 Å². The number of hydrogen-bond acceptors (Lipinski definition) is 3. The van der Waals surface area contributed by atoms with Gasteiger partial charge >= 0.3 is 0 Å². The molecule has 0 fully saturated rings. The van der Waals surface area contributed by atoms with E-state index in [1.165, 1.54) is 11.3 Å². The van der Waals surface area contributed by atoms with E-state index in [-0.39, 0.29) is 5.54 Å². The van der Waals surface area contributed by atoms with Crippen molar-refractivity contribution in [1.82, 2.24) is 0 Å². The molecule has 1 atom stereocenters. The van der Waals surface area contributed by atoms with Crippen molar-refractivity contribution in [2.75, 3.05) is 18.6 Å². The maximum Gasteiger partial charge on any atom is 0.137 e. The Kier molecular flexibility index (Phi) is 5.29. The highest BCUT2D eigenvalue weighted by Gasteiger charge is 2.35. The van der Waals surface area contributed by atoms with Crippen molar-refractivity contribution < 1.29 is 4.74 Å².